The Kier molecular flexibility index (Phi) is 7.31. The van der Waals surface area contributed by atoms with Crippen LogP contribution in [0.1, 0.15) is 24.3 Å². The molecule has 0 fully saturated rings. The van der Waals surface area contributed by atoms with Crippen molar-refractivity contribution in [1.29, 1.82) is 0 Å². The van der Waals surface area contributed by atoms with Crippen molar-refractivity contribution in [2.45, 2.75) is 20.1 Å². The first-order chi connectivity index (χ1) is 12.6. The Balaban J connectivity index is 2.26. The van der Waals surface area contributed by atoms with Gasteiger partial charge >= 0.3 is 0 Å². The number of carbonyl (C=O) groups is 1. The molecule has 0 aliphatic carbocycles. The summed E-state index contributed by atoms with van der Waals surface area (Å²) in [6.45, 7) is 4.75. The highest BCUT2D eigenvalue weighted by molar-refractivity contribution is 5.94. The summed E-state index contributed by atoms with van der Waals surface area (Å²) in [5.41, 5.74) is 0.157. The SMILES string of the molecule is CCOC(CNC(=O)c1nn(-c2ccccc2)c(=O)cc1OC)OCC. The summed E-state index contributed by atoms with van der Waals surface area (Å²) in [6, 6.07) is 10.1. The van der Waals surface area contributed by atoms with E-state index in [0.29, 0.717) is 18.9 Å². The fourth-order valence-corrected chi connectivity index (χ4v) is 2.30. The molecule has 8 nitrogen and oxygen atoms in total. The molecular formula is C18H23N3O5. The summed E-state index contributed by atoms with van der Waals surface area (Å²) < 4.78 is 17.1. The molecule has 0 aliphatic rings. The van der Waals surface area contributed by atoms with Gasteiger partial charge in [-0.2, -0.15) is 9.78 Å². The molecule has 0 atom stereocenters. The molecule has 1 N–H and O–H groups in total. The molecule has 0 saturated heterocycles. The molecule has 0 aliphatic heterocycles. The maximum Gasteiger partial charge on any atom is 0.275 e. The molecule has 1 aromatic heterocycles. The Morgan fingerprint density at radius 3 is 2.42 bits per heavy atom. The second-order valence-corrected chi connectivity index (χ2v) is 5.20. The van der Waals surface area contributed by atoms with Crippen molar-refractivity contribution >= 4 is 5.91 Å². The van der Waals surface area contributed by atoms with Gasteiger partial charge in [0, 0.05) is 13.2 Å². The third kappa shape index (κ3) is 4.90. The van der Waals surface area contributed by atoms with Crippen LogP contribution in [0.3, 0.4) is 0 Å². The Morgan fingerprint density at radius 1 is 1.19 bits per heavy atom. The number of ether oxygens (including phenoxy) is 3. The van der Waals surface area contributed by atoms with E-state index >= 15 is 0 Å². The van der Waals surface area contributed by atoms with E-state index in [9.17, 15) is 9.59 Å². The molecule has 26 heavy (non-hydrogen) atoms. The van der Waals surface area contributed by atoms with Crippen molar-refractivity contribution in [2.24, 2.45) is 0 Å². The monoisotopic (exact) mass is 361 g/mol. The molecule has 1 aromatic carbocycles. The van der Waals surface area contributed by atoms with Crippen molar-refractivity contribution in [2.75, 3.05) is 26.9 Å². The van der Waals surface area contributed by atoms with Gasteiger partial charge in [0.2, 0.25) is 0 Å². The first kappa shape index (κ1) is 19.6. The predicted molar refractivity (Wildman–Crippen MR) is 95.8 cm³/mol. The minimum atomic E-state index is -0.556. The standard InChI is InChI=1S/C18H23N3O5/c1-4-25-16(26-5-2)12-19-18(23)17-14(24-3)11-15(22)21(20-17)13-9-7-6-8-10-13/h6-11,16H,4-5,12H2,1-3H3,(H,19,23). The number of methoxy groups -OCH3 is 1. The lowest BCUT2D eigenvalue weighted by molar-refractivity contribution is -0.131. The molecule has 0 bridgehead atoms. The second-order valence-electron chi connectivity index (χ2n) is 5.20. The van der Waals surface area contributed by atoms with Gasteiger partial charge in [0.25, 0.3) is 11.5 Å². The first-order valence-electron chi connectivity index (χ1n) is 8.35. The minimum absolute atomic E-state index is 0.00250. The molecule has 0 radical (unpaired) electrons. The van der Waals surface area contributed by atoms with Crippen LogP contribution in [0.25, 0.3) is 5.69 Å². The first-order valence-corrected chi connectivity index (χ1v) is 8.35. The van der Waals surface area contributed by atoms with Gasteiger partial charge in [-0.15, -0.1) is 0 Å². The maximum absolute atomic E-state index is 12.6. The maximum atomic E-state index is 12.6. The van der Waals surface area contributed by atoms with Crippen LogP contribution < -0.4 is 15.6 Å². The molecule has 0 unspecified atom stereocenters. The lowest BCUT2D eigenvalue weighted by Crippen LogP contribution is -2.37. The largest absolute Gasteiger partial charge is 0.494 e. The van der Waals surface area contributed by atoms with E-state index in [4.69, 9.17) is 14.2 Å². The van der Waals surface area contributed by atoms with Crippen molar-refractivity contribution in [3.05, 3.63) is 52.4 Å². The van der Waals surface area contributed by atoms with Crippen LogP contribution in [0.15, 0.2) is 41.2 Å². The van der Waals surface area contributed by atoms with Gasteiger partial charge < -0.3 is 19.5 Å². The van der Waals surface area contributed by atoms with Crippen LogP contribution in [0.2, 0.25) is 0 Å². The Bertz CT molecular complexity index is 770. The number of nitrogens with zero attached hydrogens (tertiary/aromatic N) is 2. The van der Waals surface area contributed by atoms with E-state index in [1.54, 1.807) is 24.3 Å². The Labute approximate surface area is 151 Å². The van der Waals surface area contributed by atoms with Crippen molar-refractivity contribution in [1.82, 2.24) is 15.1 Å². The van der Waals surface area contributed by atoms with Crippen LogP contribution >= 0.6 is 0 Å². The van der Waals surface area contributed by atoms with Crippen molar-refractivity contribution in [3.63, 3.8) is 0 Å². The molecule has 2 rings (SSSR count). The highest BCUT2D eigenvalue weighted by atomic mass is 16.7. The summed E-state index contributed by atoms with van der Waals surface area (Å²) in [5, 5.41) is 6.86. The number of rotatable bonds is 9. The molecule has 2 aromatic rings. The highest BCUT2D eigenvalue weighted by Crippen LogP contribution is 2.14. The zero-order valence-corrected chi connectivity index (χ0v) is 15.1. The van der Waals surface area contributed by atoms with Gasteiger partial charge in [-0.1, -0.05) is 18.2 Å². The molecule has 0 spiro atoms. The van der Waals surface area contributed by atoms with Gasteiger partial charge in [0.05, 0.1) is 25.4 Å². The molecule has 8 heteroatoms. The van der Waals surface area contributed by atoms with Crippen LogP contribution in [0.4, 0.5) is 0 Å². The number of hydrogen-bond acceptors (Lipinski definition) is 6. The topological polar surface area (TPSA) is 91.7 Å². The minimum Gasteiger partial charge on any atom is -0.494 e. The number of hydrogen-bond donors (Lipinski definition) is 1. The fourth-order valence-electron chi connectivity index (χ4n) is 2.30. The normalized spacial score (nSPS) is 10.8. The van der Waals surface area contributed by atoms with E-state index < -0.39 is 17.8 Å². The molecular weight excluding hydrogens is 338 g/mol. The number of carbonyl (C=O) groups excluding carboxylic acids is 1. The molecule has 140 valence electrons. The predicted octanol–water partition coefficient (Wildman–Crippen LogP) is 1.37. The van der Waals surface area contributed by atoms with Crippen LogP contribution in [-0.2, 0) is 9.47 Å². The van der Waals surface area contributed by atoms with E-state index in [1.165, 1.54) is 13.2 Å². The second kappa shape index (κ2) is 9.69. The number of para-hydroxylation sites is 1. The lowest BCUT2D eigenvalue weighted by atomic mass is 10.3. The van der Waals surface area contributed by atoms with Crippen molar-refractivity contribution in [3.8, 4) is 11.4 Å². The van der Waals surface area contributed by atoms with Crippen molar-refractivity contribution < 1.29 is 19.0 Å². The number of aromatic nitrogens is 2. The smallest absolute Gasteiger partial charge is 0.275 e. The Hall–Kier alpha value is -2.71. The summed E-state index contributed by atoms with van der Waals surface area (Å²) >= 11 is 0. The summed E-state index contributed by atoms with van der Waals surface area (Å²) in [5.74, 6) is -0.389. The van der Waals surface area contributed by atoms with Gasteiger partial charge in [0.1, 0.15) is 0 Å². The zero-order chi connectivity index (χ0) is 18.9. The summed E-state index contributed by atoms with van der Waals surface area (Å²) in [4.78, 5) is 24.8. The summed E-state index contributed by atoms with van der Waals surface area (Å²) in [6.07, 6.45) is -0.556. The van der Waals surface area contributed by atoms with Gasteiger partial charge in [0.15, 0.2) is 17.7 Å². The Morgan fingerprint density at radius 2 is 1.85 bits per heavy atom. The quantitative estimate of drug-likeness (QED) is 0.678. The van der Waals surface area contributed by atoms with E-state index in [1.807, 2.05) is 19.9 Å². The summed E-state index contributed by atoms with van der Waals surface area (Å²) in [7, 11) is 1.38. The van der Waals surface area contributed by atoms with Crippen LogP contribution in [-0.4, -0.2) is 48.8 Å². The van der Waals surface area contributed by atoms with Gasteiger partial charge in [-0.3, -0.25) is 9.59 Å². The van der Waals surface area contributed by atoms with E-state index in [-0.39, 0.29) is 18.0 Å². The third-order valence-electron chi connectivity index (χ3n) is 3.47. The number of benzene rings is 1. The third-order valence-corrected chi connectivity index (χ3v) is 3.47. The fraction of sp³-hybridized carbons (Fsp3) is 0.389. The molecule has 0 saturated carbocycles. The van der Waals surface area contributed by atoms with Gasteiger partial charge in [-0.25, -0.2) is 0 Å². The molecule has 1 amide bonds. The zero-order valence-electron chi connectivity index (χ0n) is 15.1. The highest BCUT2D eigenvalue weighted by Gasteiger charge is 2.19. The van der Waals surface area contributed by atoms with Crippen LogP contribution in [0.5, 0.6) is 5.75 Å². The number of amides is 1. The van der Waals surface area contributed by atoms with Gasteiger partial charge in [-0.05, 0) is 26.0 Å². The van der Waals surface area contributed by atoms with E-state index in [0.717, 1.165) is 4.68 Å². The van der Waals surface area contributed by atoms with Crippen LogP contribution in [0, 0.1) is 0 Å². The van der Waals surface area contributed by atoms with E-state index in [2.05, 4.69) is 10.4 Å². The average molecular weight is 361 g/mol. The lowest BCUT2D eigenvalue weighted by Gasteiger charge is -2.17. The number of nitrogens with one attached hydrogen (secondary N) is 1. The molecule has 1 heterocycles. The average Bonchev–Trinajstić information content (AvgIpc) is 2.66.